The molecule has 1 aliphatic carbocycles. The predicted molar refractivity (Wildman–Crippen MR) is 89.2 cm³/mol. The average molecular weight is 369 g/mol. The summed E-state index contributed by atoms with van der Waals surface area (Å²) in [6, 6.07) is 6.42. The number of aromatic hydroxyl groups is 1. The molecule has 0 heterocycles. The van der Waals surface area contributed by atoms with E-state index in [0.29, 0.717) is 12.8 Å². The van der Waals surface area contributed by atoms with Crippen molar-refractivity contribution in [2.75, 3.05) is 0 Å². The molecule has 6 N–H and O–H groups in total. The van der Waals surface area contributed by atoms with Gasteiger partial charge < -0.3 is 25.1 Å². The first-order valence-corrected chi connectivity index (χ1v) is 9.21. The number of nitrogens with one attached hydrogen (secondary N) is 1. The maximum Gasteiger partial charge on any atom is 0.427 e. The van der Waals surface area contributed by atoms with Crippen molar-refractivity contribution >= 4 is 13.5 Å². The van der Waals surface area contributed by atoms with E-state index >= 15 is 0 Å². The summed E-state index contributed by atoms with van der Waals surface area (Å²) in [5, 5.41) is 31.7. The van der Waals surface area contributed by atoms with Crippen LogP contribution >= 0.6 is 7.75 Å². The van der Waals surface area contributed by atoms with E-state index in [1.54, 1.807) is 12.1 Å². The van der Waals surface area contributed by atoms with E-state index in [9.17, 15) is 24.7 Å². The molecule has 0 atom stereocenters. The molecule has 0 radical (unpaired) electrons. The van der Waals surface area contributed by atoms with Crippen LogP contribution in [0.1, 0.15) is 24.8 Å². The second kappa shape index (κ2) is 7.51. The summed E-state index contributed by atoms with van der Waals surface area (Å²) < 4.78 is 11.1. The number of phenols is 1. The van der Waals surface area contributed by atoms with Crippen molar-refractivity contribution in [3.8, 4) is 5.75 Å². The topological polar surface area (TPSA) is 147 Å². The van der Waals surface area contributed by atoms with Crippen LogP contribution in [0, 0.1) is 0 Å². The Kier molecular flexibility index (Phi) is 5.82. The molecule has 2 rings (SSSR count). The van der Waals surface area contributed by atoms with Gasteiger partial charge in [0.15, 0.2) is 11.6 Å². The Morgan fingerprint density at radius 2 is 1.80 bits per heavy atom. The molecule has 1 aromatic rings. The second-order valence-electron chi connectivity index (χ2n) is 5.82. The van der Waals surface area contributed by atoms with Gasteiger partial charge >= 0.3 is 7.75 Å². The lowest BCUT2D eigenvalue weighted by molar-refractivity contribution is -0.144. The first-order chi connectivity index (χ1) is 11.6. The Bertz CT molecular complexity index is 746. The lowest BCUT2D eigenvalue weighted by atomic mass is 9.90. The second-order valence-corrected chi connectivity index (χ2v) is 7.13. The van der Waals surface area contributed by atoms with E-state index in [4.69, 9.17) is 9.79 Å². The number of aryl methyl sites for hydroxylation is 1. The molecule has 0 fully saturated rings. The van der Waals surface area contributed by atoms with Gasteiger partial charge in [-0.15, -0.1) is 0 Å². The Labute approximate surface area is 144 Å². The lowest BCUT2D eigenvalue weighted by Crippen LogP contribution is -2.38. The zero-order chi connectivity index (χ0) is 18.7. The molecule has 1 aromatic carbocycles. The number of allylic oxidation sites excluding steroid dienone is 2. The van der Waals surface area contributed by atoms with E-state index in [1.807, 2.05) is 5.09 Å². The number of phenolic OH excluding ortho intramolecular Hbond substituents is 1. The maximum absolute atomic E-state index is 12.0. The summed E-state index contributed by atoms with van der Waals surface area (Å²) in [5.74, 6) is -3.10. The Balaban J connectivity index is 2.12. The fourth-order valence-corrected chi connectivity index (χ4v) is 3.22. The van der Waals surface area contributed by atoms with E-state index in [2.05, 4.69) is 0 Å². The third kappa shape index (κ3) is 5.52. The van der Waals surface area contributed by atoms with E-state index in [1.165, 1.54) is 18.2 Å². The van der Waals surface area contributed by atoms with Gasteiger partial charge in [0.25, 0.3) is 0 Å². The van der Waals surface area contributed by atoms with Crippen molar-refractivity contribution < 1.29 is 34.5 Å². The summed E-state index contributed by atoms with van der Waals surface area (Å²) in [6.07, 6.45) is 3.09. The highest BCUT2D eigenvalue weighted by molar-refractivity contribution is 7.49. The van der Waals surface area contributed by atoms with Crippen molar-refractivity contribution in [3.05, 3.63) is 53.3 Å². The fraction of sp³-hybridized carbons (Fsp3) is 0.312. The number of benzene rings is 1. The van der Waals surface area contributed by atoms with Crippen molar-refractivity contribution in [2.45, 2.75) is 31.5 Å². The zero-order valence-electron chi connectivity index (χ0n) is 13.3. The number of aliphatic hydroxyl groups is 2. The molecule has 8 nitrogen and oxygen atoms in total. The standard InChI is InChI=1S/C16H20NO7P/c18-12-8-6-11(7-9-12)3-2-10-16(20,21)15-13(17-25(22,23)24)4-1-5-14(15)19/h1,5-9,18,20-21H,2-4,10H2,(H3,17,22,23,24). The third-order valence-electron chi connectivity index (χ3n) is 3.75. The van der Waals surface area contributed by atoms with Crippen molar-refractivity contribution in [2.24, 2.45) is 0 Å². The summed E-state index contributed by atoms with van der Waals surface area (Å²) in [6.45, 7) is 0. The van der Waals surface area contributed by atoms with Crippen LogP contribution in [0.2, 0.25) is 0 Å². The Hall–Kier alpha value is -1.96. The molecule has 9 heteroatoms. The Morgan fingerprint density at radius 1 is 1.16 bits per heavy atom. The number of ketones is 1. The van der Waals surface area contributed by atoms with Gasteiger partial charge in [-0.1, -0.05) is 18.2 Å². The largest absolute Gasteiger partial charge is 0.508 e. The summed E-state index contributed by atoms with van der Waals surface area (Å²) in [4.78, 5) is 30.1. The predicted octanol–water partition coefficient (Wildman–Crippen LogP) is 0.861. The number of rotatable bonds is 7. The van der Waals surface area contributed by atoms with E-state index < -0.39 is 24.9 Å². The van der Waals surface area contributed by atoms with Gasteiger partial charge in [0, 0.05) is 18.5 Å². The molecule has 0 spiro atoms. The van der Waals surface area contributed by atoms with Gasteiger partial charge in [0.1, 0.15) is 5.75 Å². The average Bonchev–Trinajstić information content (AvgIpc) is 2.47. The van der Waals surface area contributed by atoms with Crippen LogP contribution in [-0.2, 0) is 15.8 Å². The third-order valence-corrected chi connectivity index (χ3v) is 4.31. The highest BCUT2D eigenvalue weighted by atomic mass is 31.2. The molecule has 0 saturated heterocycles. The summed E-state index contributed by atoms with van der Waals surface area (Å²) in [7, 11) is -4.69. The van der Waals surface area contributed by atoms with Crippen LogP contribution in [0.4, 0.5) is 0 Å². The van der Waals surface area contributed by atoms with Crippen LogP contribution in [0.3, 0.4) is 0 Å². The quantitative estimate of drug-likeness (QED) is 0.306. The molecule has 0 bridgehead atoms. The van der Waals surface area contributed by atoms with Crippen LogP contribution in [0.15, 0.2) is 47.7 Å². The van der Waals surface area contributed by atoms with Crippen molar-refractivity contribution in [1.82, 2.24) is 5.09 Å². The summed E-state index contributed by atoms with van der Waals surface area (Å²) >= 11 is 0. The number of carbonyl (C=O) groups excluding carboxylic acids is 1. The van der Waals surface area contributed by atoms with Gasteiger partial charge in [0.2, 0.25) is 0 Å². The minimum atomic E-state index is -4.69. The molecule has 25 heavy (non-hydrogen) atoms. The minimum absolute atomic E-state index is 0.0208. The monoisotopic (exact) mass is 369 g/mol. The van der Waals surface area contributed by atoms with Crippen molar-refractivity contribution in [3.63, 3.8) is 0 Å². The summed E-state index contributed by atoms with van der Waals surface area (Å²) in [5.41, 5.74) is 0.213. The number of hydrogen-bond acceptors (Lipinski definition) is 5. The van der Waals surface area contributed by atoms with E-state index in [0.717, 1.165) is 11.6 Å². The van der Waals surface area contributed by atoms with Crippen LogP contribution in [-0.4, -0.2) is 36.7 Å². The van der Waals surface area contributed by atoms with Crippen LogP contribution < -0.4 is 5.09 Å². The molecule has 0 amide bonds. The van der Waals surface area contributed by atoms with Gasteiger partial charge in [-0.3, -0.25) is 9.88 Å². The highest BCUT2D eigenvalue weighted by Gasteiger charge is 2.37. The first kappa shape index (κ1) is 19.4. The molecule has 0 saturated carbocycles. The molecule has 0 unspecified atom stereocenters. The van der Waals surface area contributed by atoms with Crippen LogP contribution in [0.25, 0.3) is 0 Å². The number of hydrogen-bond donors (Lipinski definition) is 6. The lowest BCUT2D eigenvalue weighted by Gasteiger charge is -2.28. The molecule has 1 aliphatic rings. The normalized spacial score (nSPS) is 15.6. The van der Waals surface area contributed by atoms with Gasteiger partial charge in [-0.2, -0.15) is 0 Å². The van der Waals surface area contributed by atoms with Gasteiger partial charge in [0.05, 0.1) is 5.57 Å². The van der Waals surface area contributed by atoms with E-state index in [-0.39, 0.29) is 24.3 Å². The van der Waals surface area contributed by atoms with Gasteiger partial charge in [-0.25, -0.2) is 4.57 Å². The fourth-order valence-electron chi connectivity index (χ4n) is 2.66. The SMILES string of the molecule is O=C1C=CCC(NP(=O)(O)O)=C1C(O)(O)CCCc1ccc(O)cc1. The van der Waals surface area contributed by atoms with Crippen molar-refractivity contribution in [1.29, 1.82) is 0 Å². The number of carbonyl (C=O) groups is 1. The molecule has 0 aromatic heterocycles. The molecular formula is C16H20NO7P. The highest BCUT2D eigenvalue weighted by Crippen LogP contribution is 2.36. The Morgan fingerprint density at radius 3 is 2.40 bits per heavy atom. The molecular weight excluding hydrogens is 349 g/mol. The first-order valence-electron chi connectivity index (χ1n) is 7.59. The minimum Gasteiger partial charge on any atom is -0.508 e. The van der Waals surface area contributed by atoms with Gasteiger partial charge in [-0.05, 0) is 36.6 Å². The molecule has 0 aliphatic heterocycles. The molecule has 136 valence electrons. The maximum atomic E-state index is 12.0. The van der Waals surface area contributed by atoms with Crippen LogP contribution in [0.5, 0.6) is 5.75 Å². The zero-order valence-corrected chi connectivity index (χ0v) is 14.2. The smallest absolute Gasteiger partial charge is 0.427 e.